The van der Waals surface area contributed by atoms with Crippen molar-refractivity contribution in [2.24, 2.45) is 0 Å². The van der Waals surface area contributed by atoms with Gasteiger partial charge in [0.2, 0.25) is 10.0 Å². The van der Waals surface area contributed by atoms with Crippen LogP contribution in [-0.4, -0.2) is 80.1 Å². The Morgan fingerprint density at radius 1 is 1.17 bits per heavy atom. The van der Waals surface area contributed by atoms with Crippen LogP contribution in [0.15, 0.2) is 23.2 Å². The number of aliphatic hydroxyl groups is 1. The number of hydrogen-bond acceptors (Lipinski definition) is 6. The molecule has 23 heavy (non-hydrogen) atoms. The van der Waals surface area contributed by atoms with Crippen LogP contribution in [0.4, 0.5) is 5.82 Å². The molecule has 128 valence electrons. The smallest absolute Gasteiger partial charge is 0.244 e. The number of β-amino-alcohol motifs (C(OH)–C–C–N with tert-alkyl or cyclic N) is 1. The van der Waals surface area contributed by atoms with Gasteiger partial charge in [0.25, 0.3) is 0 Å². The zero-order chi connectivity index (χ0) is 16.4. The van der Waals surface area contributed by atoms with Gasteiger partial charge in [0.1, 0.15) is 10.7 Å². The molecule has 8 heteroatoms. The predicted octanol–water partition coefficient (Wildman–Crippen LogP) is -0.0212. The average molecular weight is 340 g/mol. The Labute approximate surface area is 137 Å². The summed E-state index contributed by atoms with van der Waals surface area (Å²) in [6.07, 6.45) is 2.83. The van der Waals surface area contributed by atoms with Gasteiger partial charge in [-0.1, -0.05) is 0 Å². The van der Waals surface area contributed by atoms with Gasteiger partial charge >= 0.3 is 0 Å². The highest BCUT2D eigenvalue weighted by atomic mass is 32.2. The van der Waals surface area contributed by atoms with E-state index >= 15 is 0 Å². The molecule has 2 aliphatic heterocycles. The molecule has 0 saturated carbocycles. The number of anilines is 1. The molecule has 1 aromatic rings. The zero-order valence-corrected chi connectivity index (χ0v) is 14.2. The van der Waals surface area contributed by atoms with E-state index in [0.29, 0.717) is 19.6 Å². The summed E-state index contributed by atoms with van der Waals surface area (Å²) in [4.78, 5) is 8.67. The first-order chi connectivity index (χ1) is 11.0. The fourth-order valence-electron chi connectivity index (χ4n) is 3.05. The van der Waals surface area contributed by atoms with Crippen LogP contribution in [-0.2, 0) is 10.0 Å². The second-order valence-electron chi connectivity index (χ2n) is 6.30. The van der Waals surface area contributed by atoms with Crippen LogP contribution in [0, 0.1) is 0 Å². The van der Waals surface area contributed by atoms with Crippen molar-refractivity contribution in [1.82, 2.24) is 14.2 Å². The molecule has 1 aromatic heterocycles. The standard InChI is InChI=1S/C15H24N4O3S/c1-17-7-9-19(10-8-17)23(21,22)14-4-5-15(16-11-14)18-6-2-3-13(20)12-18/h4-5,11,13,20H,2-3,6-10,12H2,1H3/t13-/m0/s1. The largest absolute Gasteiger partial charge is 0.391 e. The molecule has 0 radical (unpaired) electrons. The lowest BCUT2D eigenvalue weighted by Gasteiger charge is -2.32. The molecular weight excluding hydrogens is 316 g/mol. The van der Waals surface area contributed by atoms with Crippen molar-refractivity contribution in [2.75, 3.05) is 51.2 Å². The van der Waals surface area contributed by atoms with Crippen LogP contribution in [0.5, 0.6) is 0 Å². The fourth-order valence-corrected chi connectivity index (χ4v) is 4.42. The van der Waals surface area contributed by atoms with Gasteiger partial charge in [-0.3, -0.25) is 0 Å². The van der Waals surface area contributed by atoms with Crippen molar-refractivity contribution in [3.63, 3.8) is 0 Å². The van der Waals surface area contributed by atoms with E-state index in [1.165, 1.54) is 10.5 Å². The van der Waals surface area contributed by atoms with Gasteiger partial charge in [0.15, 0.2) is 0 Å². The van der Waals surface area contributed by atoms with Crippen LogP contribution in [0.1, 0.15) is 12.8 Å². The molecule has 0 aromatic carbocycles. The van der Waals surface area contributed by atoms with Crippen molar-refractivity contribution in [2.45, 2.75) is 23.8 Å². The third-order valence-electron chi connectivity index (χ3n) is 4.54. The van der Waals surface area contributed by atoms with Crippen molar-refractivity contribution >= 4 is 15.8 Å². The van der Waals surface area contributed by atoms with Crippen LogP contribution >= 0.6 is 0 Å². The van der Waals surface area contributed by atoms with Crippen LogP contribution in [0.3, 0.4) is 0 Å². The number of hydrogen-bond donors (Lipinski definition) is 1. The summed E-state index contributed by atoms with van der Waals surface area (Å²) in [5.74, 6) is 0.723. The summed E-state index contributed by atoms with van der Waals surface area (Å²) in [5, 5.41) is 9.74. The fraction of sp³-hybridized carbons (Fsp3) is 0.667. The summed E-state index contributed by atoms with van der Waals surface area (Å²) in [6, 6.07) is 3.36. The lowest BCUT2D eigenvalue weighted by atomic mass is 10.1. The summed E-state index contributed by atoms with van der Waals surface area (Å²) < 4.78 is 26.8. The monoisotopic (exact) mass is 340 g/mol. The lowest BCUT2D eigenvalue weighted by molar-refractivity contribution is 0.154. The number of piperazine rings is 1. The van der Waals surface area contributed by atoms with E-state index in [1.54, 1.807) is 12.1 Å². The number of piperidine rings is 1. The summed E-state index contributed by atoms with van der Waals surface area (Å²) in [5.41, 5.74) is 0. The minimum atomic E-state index is -3.47. The molecule has 0 aliphatic carbocycles. The summed E-state index contributed by atoms with van der Waals surface area (Å²) >= 11 is 0. The Hall–Kier alpha value is -1.22. The van der Waals surface area contributed by atoms with Crippen molar-refractivity contribution in [3.8, 4) is 0 Å². The van der Waals surface area contributed by atoms with Gasteiger partial charge in [-0.25, -0.2) is 13.4 Å². The maximum absolute atomic E-state index is 12.6. The second-order valence-corrected chi connectivity index (χ2v) is 8.24. The van der Waals surface area contributed by atoms with Crippen molar-refractivity contribution in [3.05, 3.63) is 18.3 Å². The molecule has 3 heterocycles. The Morgan fingerprint density at radius 3 is 2.52 bits per heavy atom. The van der Waals surface area contributed by atoms with Gasteiger partial charge in [-0.05, 0) is 32.0 Å². The Kier molecular flexibility index (Phi) is 4.86. The lowest BCUT2D eigenvalue weighted by Crippen LogP contribution is -2.47. The van der Waals surface area contributed by atoms with Gasteiger partial charge in [-0.2, -0.15) is 4.31 Å². The van der Waals surface area contributed by atoms with E-state index in [0.717, 1.165) is 38.3 Å². The predicted molar refractivity (Wildman–Crippen MR) is 87.9 cm³/mol. The van der Waals surface area contributed by atoms with Gasteiger partial charge in [0.05, 0.1) is 6.10 Å². The highest BCUT2D eigenvalue weighted by Crippen LogP contribution is 2.21. The third-order valence-corrected chi connectivity index (χ3v) is 6.42. The quantitative estimate of drug-likeness (QED) is 0.833. The molecule has 3 rings (SSSR count). The van der Waals surface area contributed by atoms with E-state index < -0.39 is 10.0 Å². The number of nitrogens with zero attached hydrogens (tertiary/aromatic N) is 4. The normalized spacial score (nSPS) is 24.8. The summed E-state index contributed by atoms with van der Waals surface area (Å²) in [6.45, 7) is 3.91. The second kappa shape index (κ2) is 6.72. The number of sulfonamides is 1. The first kappa shape index (κ1) is 16.6. The van der Waals surface area contributed by atoms with E-state index in [2.05, 4.69) is 9.88 Å². The molecular formula is C15H24N4O3S. The SMILES string of the molecule is CN1CCN(S(=O)(=O)c2ccc(N3CCC[C@H](O)C3)nc2)CC1. The number of likely N-dealkylation sites (N-methyl/N-ethyl adjacent to an activating group) is 1. The Bertz CT molecular complexity index is 627. The number of pyridine rings is 1. The maximum atomic E-state index is 12.6. The molecule has 0 amide bonds. The van der Waals surface area contributed by atoms with Gasteiger partial charge < -0.3 is 14.9 Å². The molecule has 2 aliphatic rings. The van der Waals surface area contributed by atoms with Crippen LogP contribution < -0.4 is 4.90 Å². The van der Waals surface area contributed by atoms with E-state index in [4.69, 9.17) is 0 Å². The highest BCUT2D eigenvalue weighted by molar-refractivity contribution is 7.89. The topological polar surface area (TPSA) is 77.0 Å². The minimum absolute atomic E-state index is 0.239. The van der Waals surface area contributed by atoms with E-state index in [9.17, 15) is 13.5 Å². The molecule has 2 fully saturated rings. The Morgan fingerprint density at radius 2 is 1.91 bits per heavy atom. The molecule has 0 unspecified atom stereocenters. The highest BCUT2D eigenvalue weighted by Gasteiger charge is 2.28. The number of aromatic nitrogens is 1. The first-order valence-corrected chi connectivity index (χ1v) is 9.48. The molecule has 2 saturated heterocycles. The van der Waals surface area contributed by atoms with Crippen LogP contribution in [0.2, 0.25) is 0 Å². The third kappa shape index (κ3) is 3.65. The molecule has 1 N–H and O–H groups in total. The molecule has 1 atom stereocenters. The zero-order valence-electron chi connectivity index (χ0n) is 13.4. The molecule has 7 nitrogen and oxygen atoms in total. The summed E-state index contributed by atoms with van der Waals surface area (Å²) in [7, 11) is -1.47. The maximum Gasteiger partial charge on any atom is 0.244 e. The number of rotatable bonds is 3. The molecule has 0 bridgehead atoms. The average Bonchev–Trinajstić information content (AvgIpc) is 2.55. The minimum Gasteiger partial charge on any atom is -0.391 e. The van der Waals surface area contributed by atoms with E-state index in [1.807, 2.05) is 11.9 Å². The van der Waals surface area contributed by atoms with Crippen molar-refractivity contribution in [1.29, 1.82) is 0 Å². The van der Waals surface area contributed by atoms with Crippen LogP contribution in [0.25, 0.3) is 0 Å². The van der Waals surface area contributed by atoms with Crippen molar-refractivity contribution < 1.29 is 13.5 Å². The van der Waals surface area contributed by atoms with Gasteiger partial charge in [-0.15, -0.1) is 0 Å². The Balaban J connectivity index is 1.73. The van der Waals surface area contributed by atoms with E-state index in [-0.39, 0.29) is 11.0 Å². The number of aliphatic hydroxyl groups excluding tert-OH is 1. The van der Waals surface area contributed by atoms with Gasteiger partial charge in [0, 0.05) is 45.5 Å². The first-order valence-electron chi connectivity index (χ1n) is 8.04. The molecule has 0 spiro atoms.